The van der Waals surface area contributed by atoms with Crippen LogP contribution in [-0.4, -0.2) is 35.7 Å². The van der Waals surface area contributed by atoms with Gasteiger partial charge in [0.2, 0.25) is 0 Å². The number of phenols is 1. The maximum absolute atomic E-state index is 10.0. The summed E-state index contributed by atoms with van der Waals surface area (Å²) in [5.74, 6) is 0.437. The molecule has 0 bridgehead atoms. The van der Waals surface area contributed by atoms with E-state index >= 15 is 0 Å². The molecule has 2 fully saturated rings. The zero-order valence-electron chi connectivity index (χ0n) is 10.1. The summed E-state index contributed by atoms with van der Waals surface area (Å²) in [4.78, 5) is 2.58. The molecule has 17 heavy (non-hydrogen) atoms. The summed E-state index contributed by atoms with van der Waals surface area (Å²) in [6.07, 6.45) is 3.85. The summed E-state index contributed by atoms with van der Waals surface area (Å²) in [7, 11) is 0. The largest absolute Gasteiger partial charge is 0.508 e. The summed E-state index contributed by atoms with van der Waals surface area (Å²) >= 11 is 0. The molecule has 0 aliphatic carbocycles. The Morgan fingerprint density at radius 2 is 2.12 bits per heavy atom. The number of rotatable bonds is 1. The van der Waals surface area contributed by atoms with Gasteiger partial charge in [0.05, 0.1) is 6.04 Å². The van der Waals surface area contributed by atoms with E-state index in [2.05, 4.69) is 16.3 Å². The Morgan fingerprint density at radius 3 is 3.00 bits per heavy atom. The third-order valence-electron chi connectivity index (χ3n) is 4.11. The lowest BCUT2D eigenvalue weighted by molar-refractivity contribution is 0.189. The minimum absolute atomic E-state index is 0.339. The van der Waals surface area contributed by atoms with Crippen LogP contribution in [0.2, 0.25) is 0 Å². The molecule has 1 aromatic carbocycles. The second kappa shape index (κ2) is 4.67. The first kappa shape index (κ1) is 11.1. The number of phenolic OH excluding ortho intramolecular Hbond substituents is 1. The monoisotopic (exact) mass is 232 g/mol. The summed E-state index contributed by atoms with van der Waals surface area (Å²) in [5.41, 5.74) is 1.08. The molecule has 2 heterocycles. The fraction of sp³-hybridized carbons (Fsp3) is 0.571. The summed E-state index contributed by atoms with van der Waals surface area (Å²) in [5, 5.41) is 13.5. The first-order valence-corrected chi connectivity index (χ1v) is 6.60. The standard InChI is InChI=1S/C14H20N2O/c17-14-6-2-1-5-12(14)13-10-15-8-7-11-4-3-9-16(11)13/h1-2,5-6,11,13,15,17H,3-4,7-10H2. The third-order valence-corrected chi connectivity index (χ3v) is 4.11. The fourth-order valence-corrected chi connectivity index (χ4v) is 3.26. The van der Waals surface area contributed by atoms with Crippen molar-refractivity contribution < 1.29 is 5.11 Å². The third kappa shape index (κ3) is 2.05. The molecule has 2 saturated heterocycles. The van der Waals surface area contributed by atoms with Crippen LogP contribution in [0, 0.1) is 0 Å². The lowest BCUT2D eigenvalue weighted by Gasteiger charge is -2.31. The molecule has 2 N–H and O–H groups in total. The lowest BCUT2D eigenvalue weighted by Crippen LogP contribution is -2.34. The average Bonchev–Trinajstić information content (AvgIpc) is 2.71. The van der Waals surface area contributed by atoms with Crippen molar-refractivity contribution in [3.63, 3.8) is 0 Å². The number of benzene rings is 1. The predicted molar refractivity (Wildman–Crippen MR) is 68.1 cm³/mol. The molecule has 2 aliphatic rings. The molecular weight excluding hydrogens is 212 g/mol. The Bertz CT molecular complexity index is 394. The van der Waals surface area contributed by atoms with Crippen molar-refractivity contribution in [3.05, 3.63) is 29.8 Å². The number of hydrogen-bond donors (Lipinski definition) is 2. The fourth-order valence-electron chi connectivity index (χ4n) is 3.26. The van der Waals surface area contributed by atoms with E-state index in [1.807, 2.05) is 12.1 Å². The van der Waals surface area contributed by atoms with Gasteiger partial charge in [0.25, 0.3) is 0 Å². The first-order chi connectivity index (χ1) is 8.36. The van der Waals surface area contributed by atoms with Crippen LogP contribution in [0.25, 0.3) is 0 Å². The highest BCUT2D eigenvalue weighted by molar-refractivity contribution is 5.35. The van der Waals surface area contributed by atoms with Crippen molar-refractivity contribution in [2.24, 2.45) is 0 Å². The molecule has 2 atom stereocenters. The minimum atomic E-state index is 0.339. The second-order valence-corrected chi connectivity index (χ2v) is 5.10. The Labute approximate surface area is 102 Å². The van der Waals surface area contributed by atoms with Gasteiger partial charge in [-0.25, -0.2) is 0 Å². The molecule has 0 saturated carbocycles. The number of nitrogens with zero attached hydrogens (tertiary/aromatic N) is 1. The van der Waals surface area contributed by atoms with E-state index in [9.17, 15) is 5.11 Å². The van der Waals surface area contributed by atoms with Crippen molar-refractivity contribution in [1.82, 2.24) is 10.2 Å². The number of hydrogen-bond acceptors (Lipinski definition) is 3. The number of aromatic hydroxyl groups is 1. The van der Waals surface area contributed by atoms with Gasteiger partial charge in [0.1, 0.15) is 5.75 Å². The topological polar surface area (TPSA) is 35.5 Å². The van der Waals surface area contributed by atoms with Crippen LogP contribution in [0.4, 0.5) is 0 Å². The van der Waals surface area contributed by atoms with Crippen LogP contribution >= 0.6 is 0 Å². The van der Waals surface area contributed by atoms with Crippen molar-refractivity contribution in [2.75, 3.05) is 19.6 Å². The summed E-state index contributed by atoms with van der Waals surface area (Å²) in [6.45, 7) is 3.23. The van der Waals surface area contributed by atoms with Crippen molar-refractivity contribution in [3.8, 4) is 5.75 Å². The Morgan fingerprint density at radius 1 is 1.24 bits per heavy atom. The van der Waals surface area contributed by atoms with Gasteiger partial charge in [-0.05, 0) is 38.4 Å². The van der Waals surface area contributed by atoms with Gasteiger partial charge in [-0.1, -0.05) is 18.2 Å². The Balaban J connectivity index is 1.92. The summed E-state index contributed by atoms with van der Waals surface area (Å²) < 4.78 is 0. The van der Waals surface area contributed by atoms with Crippen LogP contribution < -0.4 is 5.32 Å². The highest BCUT2D eigenvalue weighted by Gasteiger charge is 2.33. The quantitative estimate of drug-likeness (QED) is 0.776. The molecule has 1 aromatic rings. The zero-order valence-corrected chi connectivity index (χ0v) is 10.1. The molecule has 3 heteroatoms. The van der Waals surface area contributed by atoms with Gasteiger partial charge >= 0.3 is 0 Å². The molecule has 3 rings (SSSR count). The first-order valence-electron chi connectivity index (χ1n) is 6.60. The number of nitrogens with one attached hydrogen (secondary N) is 1. The highest BCUT2D eigenvalue weighted by atomic mass is 16.3. The smallest absolute Gasteiger partial charge is 0.120 e. The summed E-state index contributed by atoms with van der Waals surface area (Å²) in [6, 6.07) is 8.81. The van der Waals surface area contributed by atoms with Crippen LogP contribution in [-0.2, 0) is 0 Å². The van der Waals surface area contributed by atoms with Crippen LogP contribution in [0.15, 0.2) is 24.3 Å². The maximum atomic E-state index is 10.0. The average molecular weight is 232 g/mol. The van der Waals surface area contributed by atoms with Gasteiger partial charge in [-0.3, -0.25) is 4.90 Å². The van der Waals surface area contributed by atoms with Gasteiger partial charge in [-0.15, -0.1) is 0 Å². The van der Waals surface area contributed by atoms with Crippen LogP contribution in [0.5, 0.6) is 5.75 Å². The van der Waals surface area contributed by atoms with Crippen molar-refractivity contribution in [1.29, 1.82) is 0 Å². The van der Waals surface area contributed by atoms with E-state index in [4.69, 9.17) is 0 Å². The highest BCUT2D eigenvalue weighted by Crippen LogP contribution is 2.35. The van der Waals surface area contributed by atoms with E-state index in [0.29, 0.717) is 17.8 Å². The van der Waals surface area contributed by atoms with Gasteiger partial charge in [0.15, 0.2) is 0 Å². The number of para-hydroxylation sites is 1. The lowest BCUT2D eigenvalue weighted by atomic mass is 10.0. The molecule has 3 nitrogen and oxygen atoms in total. The van der Waals surface area contributed by atoms with E-state index in [-0.39, 0.29) is 0 Å². The molecule has 0 spiro atoms. The molecule has 0 radical (unpaired) electrons. The second-order valence-electron chi connectivity index (χ2n) is 5.10. The van der Waals surface area contributed by atoms with E-state index in [1.54, 1.807) is 6.07 Å². The van der Waals surface area contributed by atoms with Gasteiger partial charge in [0, 0.05) is 18.2 Å². The molecule has 0 amide bonds. The van der Waals surface area contributed by atoms with Crippen LogP contribution in [0.1, 0.15) is 30.9 Å². The molecular formula is C14H20N2O. The molecule has 0 aromatic heterocycles. The zero-order chi connectivity index (χ0) is 11.7. The van der Waals surface area contributed by atoms with Gasteiger partial charge < -0.3 is 10.4 Å². The molecule has 92 valence electrons. The van der Waals surface area contributed by atoms with Crippen LogP contribution in [0.3, 0.4) is 0 Å². The SMILES string of the molecule is Oc1ccccc1C1CNCCC2CCCN21. The molecule has 2 aliphatic heterocycles. The van der Waals surface area contributed by atoms with Crippen molar-refractivity contribution in [2.45, 2.75) is 31.3 Å². The van der Waals surface area contributed by atoms with E-state index in [1.165, 1.54) is 25.8 Å². The van der Waals surface area contributed by atoms with E-state index in [0.717, 1.165) is 18.7 Å². The minimum Gasteiger partial charge on any atom is -0.508 e. The van der Waals surface area contributed by atoms with Gasteiger partial charge in [-0.2, -0.15) is 0 Å². The predicted octanol–water partition coefficient (Wildman–Crippen LogP) is 1.89. The van der Waals surface area contributed by atoms with E-state index < -0.39 is 0 Å². The maximum Gasteiger partial charge on any atom is 0.120 e. The number of fused-ring (bicyclic) bond motifs is 1. The Hall–Kier alpha value is -1.06. The van der Waals surface area contributed by atoms with Crippen molar-refractivity contribution >= 4 is 0 Å². The normalized spacial score (nSPS) is 29.9. The Kier molecular flexibility index (Phi) is 3.04. The molecule has 2 unspecified atom stereocenters.